The second-order valence-corrected chi connectivity index (χ2v) is 10.2. The molecule has 0 radical (unpaired) electrons. The van der Waals surface area contributed by atoms with Gasteiger partial charge in [0.1, 0.15) is 33.4 Å². The molecule has 1 spiro atoms. The number of amidine groups is 1. The van der Waals surface area contributed by atoms with Gasteiger partial charge in [-0.25, -0.2) is 22.2 Å². The van der Waals surface area contributed by atoms with Crippen LogP contribution in [0.4, 0.5) is 14.5 Å². The number of nitrogens with two attached hydrogens (primary N) is 1. The first-order chi connectivity index (χ1) is 14.1. The fourth-order valence-corrected chi connectivity index (χ4v) is 6.50. The summed E-state index contributed by atoms with van der Waals surface area (Å²) in [6, 6.07) is 6.11. The largest absolute Gasteiger partial charge is 0.386 e. The summed E-state index contributed by atoms with van der Waals surface area (Å²) in [5.74, 6) is -2.24. The molecule has 1 atom stereocenters. The van der Waals surface area contributed by atoms with Crippen LogP contribution in [0.25, 0.3) is 0 Å². The molecule has 2 aliphatic rings. The van der Waals surface area contributed by atoms with Gasteiger partial charge in [-0.2, -0.15) is 0 Å². The molecule has 158 valence electrons. The molecular weight excluding hydrogens is 414 g/mol. The van der Waals surface area contributed by atoms with E-state index in [1.54, 1.807) is 0 Å². The lowest BCUT2D eigenvalue weighted by atomic mass is 9.82. The summed E-state index contributed by atoms with van der Waals surface area (Å²) in [6.07, 6.45) is 2.50. The number of pyridine rings is 1. The molecule has 4 rings (SSSR count). The standard InChI is InChI=1S/C20H20F2N4O3S/c1-19(11-30(28,29)20(7-2-8-20)18(23)26-19)14-9-13(4-5-15(14)22)25-17(27)16-6-3-12(21)10-24-16/h3-6,9-10H,2,7-8,11H2,1H3,(H2,23,26)(H,25,27). The lowest BCUT2D eigenvalue weighted by molar-refractivity contribution is 0.102. The quantitative estimate of drug-likeness (QED) is 0.771. The Labute approximate surface area is 172 Å². The highest BCUT2D eigenvalue weighted by Gasteiger charge is 2.58. The fraction of sp³-hybridized carbons (Fsp3) is 0.350. The number of nitrogens with one attached hydrogen (secondary N) is 1. The van der Waals surface area contributed by atoms with Gasteiger partial charge in [0.2, 0.25) is 0 Å². The Hall–Kier alpha value is -2.88. The van der Waals surface area contributed by atoms with E-state index in [2.05, 4.69) is 15.3 Å². The smallest absolute Gasteiger partial charge is 0.274 e. The Morgan fingerprint density at radius 1 is 1.20 bits per heavy atom. The molecule has 1 aromatic heterocycles. The van der Waals surface area contributed by atoms with Gasteiger partial charge in [-0.05, 0) is 56.5 Å². The van der Waals surface area contributed by atoms with Crippen molar-refractivity contribution in [3.05, 3.63) is 59.4 Å². The van der Waals surface area contributed by atoms with E-state index in [4.69, 9.17) is 5.73 Å². The first-order valence-corrected chi connectivity index (χ1v) is 11.0. The van der Waals surface area contributed by atoms with Gasteiger partial charge in [-0.3, -0.25) is 9.79 Å². The highest BCUT2D eigenvalue weighted by atomic mass is 32.2. The molecular formula is C20H20F2N4O3S. The predicted octanol–water partition coefficient (Wildman–Crippen LogP) is 2.54. The highest BCUT2D eigenvalue weighted by Crippen LogP contribution is 2.47. The summed E-state index contributed by atoms with van der Waals surface area (Å²) < 4.78 is 52.5. The molecule has 7 nitrogen and oxygen atoms in total. The second-order valence-electron chi connectivity index (χ2n) is 7.89. The van der Waals surface area contributed by atoms with E-state index in [0.717, 1.165) is 24.8 Å². The number of amides is 1. The third-order valence-electron chi connectivity index (χ3n) is 5.83. The van der Waals surface area contributed by atoms with Crippen LogP contribution in [-0.4, -0.2) is 35.6 Å². The summed E-state index contributed by atoms with van der Waals surface area (Å²) in [5, 5.41) is 2.55. The van der Waals surface area contributed by atoms with Crippen molar-refractivity contribution >= 4 is 27.3 Å². The van der Waals surface area contributed by atoms with Gasteiger partial charge >= 0.3 is 0 Å². The van der Waals surface area contributed by atoms with Crippen molar-refractivity contribution in [2.24, 2.45) is 10.7 Å². The van der Waals surface area contributed by atoms with Crippen molar-refractivity contribution in [2.75, 3.05) is 11.1 Å². The topological polar surface area (TPSA) is 115 Å². The zero-order valence-electron chi connectivity index (χ0n) is 16.2. The van der Waals surface area contributed by atoms with Crippen molar-refractivity contribution in [1.29, 1.82) is 0 Å². The molecule has 1 aromatic carbocycles. The van der Waals surface area contributed by atoms with Crippen molar-refractivity contribution in [3.8, 4) is 0 Å². The Balaban J connectivity index is 1.68. The Kier molecular flexibility index (Phi) is 4.64. The Morgan fingerprint density at radius 2 is 1.93 bits per heavy atom. The molecule has 3 N–H and O–H groups in total. The number of hydrogen-bond acceptors (Lipinski definition) is 6. The number of carbonyl (C=O) groups is 1. The maximum Gasteiger partial charge on any atom is 0.274 e. The van der Waals surface area contributed by atoms with Crippen LogP contribution in [0.5, 0.6) is 0 Å². The first-order valence-electron chi connectivity index (χ1n) is 9.37. The van der Waals surface area contributed by atoms with E-state index in [-0.39, 0.29) is 28.5 Å². The van der Waals surface area contributed by atoms with E-state index in [1.807, 2.05) is 0 Å². The lowest BCUT2D eigenvalue weighted by Crippen LogP contribution is -2.61. The molecule has 0 saturated heterocycles. The molecule has 10 heteroatoms. The van der Waals surface area contributed by atoms with Crippen LogP contribution in [0.15, 0.2) is 41.5 Å². The van der Waals surface area contributed by atoms with Crippen molar-refractivity contribution in [1.82, 2.24) is 4.98 Å². The number of sulfone groups is 1. The molecule has 2 aromatic rings. The number of nitrogens with zero attached hydrogens (tertiary/aromatic N) is 2. The number of rotatable bonds is 3. The van der Waals surface area contributed by atoms with Crippen molar-refractivity contribution in [2.45, 2.75) is 36.5 Å². The first kappa shape index (κ1) is 20.4. The SMILES string of the molecule is CC1(c2cc(NC(=O)c3ccc(F)cn3)ccc2F)CS(=O)(=O)C2(CCC2)C(N)=N1. The van der Waals surface area contributed by atoms with Crippen molar-refractivity contribution < 1.29 is 22.0 Å². The predicted molar refractivity (Wildman–Crippen MR) is 108 cm³/mol. The van der Waals surface area contributed by atoms with Crippen LogP contribution in [0.3, 0.4) is 0 Å². The molecule has 2 heterocycles. The normalized spacial score (nSPS) is 24.0. The minimum Gasteiger partial charge on any atom is -0.386 e. The number of aromatic nitrogens is 1. The molecule has 1 saturated carbocycles. The summed E-state index contributed by atoms with van der Waals surface area (Å²) in [4.78, 5) is 20.4. The van der Waals surface area contributed by atoms with Crippen molar-refractivity contribution in [3.63, 3.8) is 0 Å². The third kappa shape index (κ3) is 3.15. The average molecular weight is 434 g/mol. The Morgan fingerprint density at radius 3 is 2.50 bits per heavy atom. The van der Waals surface area contributed by atoms with Crippen LogP contribution in [0.1, 0.15) is 42.2 Å². The molecule has 1 aliphatic carbocycles. The number of halogens is 2. The molecule has 1 unspecified atom stereocenters. The van der Waals surface area contributed by atoms with E-state index in [1.165, 1.54) is 25.1 Å². The molecule has 1 amide bonds. The van der Waals surface area contributed by atoms with E-state index >= 15 is 0 Å². The van der Waals surface area contributed by atoms with Gasteiger partial charge in [0.25, 0.3) is 5.91 Å². The lowest BCUT2D eigenvalue weighted by Gasteiger charge is -2.46. The highest BCUT2D eigenvalue weighted by molar-refractivity contribution is 7.93. The number of anilines is 1. The zero-order valence-corrected chi connectivity index (χ0v) is 17.0. The summed E-state index contributed by atoms with van der Waals surface area (Å²) in [5.41, 5.74) is 4.84. The third-order valence-corrected chi connectivity index (χ3v) is 8.58. The average Bonchev–Trinajstić information content (AvgIpc) is 2.61. The maximum atomic E-state index is 14.7. The molecule has 1 fully saturated rings. The molecule has 30 heavy (non-hydrogen) atoms. The van der Waals surface area contributed by atoms with Gasteiger partial charge in [0.15, 0.2) is 9.84 Å². The minimum absolute atomic E-state index is 0.00634. The van der Waals surface area contributed by atoms with Crippen LogP contribution in [0, 0.1) is 11.6 Å². The number of hydrogen-bond donors (Lipinski definition) is 2. The van der Waals surface area contributed by atoms with E-state index in [9.17, 15) is 22.0 Å². The summed E-state index contributed by atoms with van der Waals surface area (Å²) in [7, 11) is -3.65. The number of carbonyl (C=O) groups excluding carboxylic acids is 1. The zero-order chi connectivity index (χ0) is 21.7. The van der Waals surface area contributed by atoms with Crippen LogP contribution < -0.4 is 11.1 Å². The monoisotopic (exact) mass is 434 g/mol. The van der Waals surface area contributed by atoms with Crippen LogP contribution in [0.2, 0.25) is 0 Å². The minimum atomic E-state index is -3.65. The fourth-order valence-electron chi connectivity index (χ4n) is 3.99. The summed E-state index contributed by atoms with van der Waals surface area (Å²) in [6.45, 7) is 1.51. The number of benzene rings is 1. The second kappa shape index (κ2) is 6.83. The number of aliphatic imine (C=N–C) groups is 1. The Bertz CT molecular complexity index is 1160. The van der Waals surface area contributed by atoms with E-state index in [0.29, 0.717) is 12.8 Å². The molecule has 1 aliphatic heterocycles. The maximum absolute atomic E-state index is 14.7. The van der Waals surface area contributed by atoms with E-state index < -0.39 is 37.7 Å². The van der Waals surface area contributed by atoms with Crippen LogP contribution in [-0.2, 0) is 15.4 Å². The van der Waals surface area contributed by atoms with Gasteiger partial charge in [-0.1, -0.05) is 0 Å². The molecule has 0 bridgehead atoms. The van der Waals surface area contributed by atoms with Crippen LogP contribution >= 0.6 is 0 Å². The van der Waals surface area contributed by atoms with Gasteiger partial charge in [0, 0.05) is 11.3 Å². The van der Waals surface area contributed by atoms with Gasteiger partial charge < -0.3 is 11.1 Å². The van der Waals surface area contributed by atoms with Gasteiger partial charge in [-0.15, -0.1) is 0 Å². The summed E-state index contributed by atoms with van der Waals surface area (Å²) >= 11 is 0. The van der Waals surface area contributed by atoms with Gasteiger partial charge in [0.05, 0.1) is 11.9 Å².